The number of rotatable bonds is 3. The first kappa shape index (κ1) is 15.4. The summed E-state index contributed by atoms with van der Waals surface area (Å²) < 4.78 is -1.03. The van der Waals surface area contributed by atoms with Gasteiger partial charge in [0.25, 0.3) is 0 Å². The minimum absolute atomic E-state index is 0.00424. The fourth-order valence-corrected chi connectivity index (χ4v) is 7.92. The molecule has 2 aliphatic rings. The van der Waals surface area contributed by atoms with Crippen molar-refractivity contribution in [1.29, 1.82) is 0 Å². The lowest BCUT2D eigenvalue weighted by molar-refractivity contribution is 0.160. The first-order valence-electron chi connectivity index (χ1n) is 5.18. The zero-order valence-corrected chi connectivity index (χ0v) is 14.0. The highest BCUT2D eigenvalue weighted by Crippen LogP contribution is 2.76. The van der Waals surface area contributed by atoms with Crippen LogP contribution >= 0.6 is 81.2 Å². The Kier molecular flexibility index (Phi) is 4.35. The quantitative estimate of drug-likeness (QED) is 0.599. The van der Waals surface area contributed by atoms with Gasteiger partial charge in [0.1, 0.15) is 4.33 Å². The fourth-order valence-electron chi connectivity index (χ4n) is 3.50. The molecule has 0 aliphatic heterocycles. The van der Waals surface area contributed by atoms with E-state index in [1.807, 2.05) is 0 Å². The van der Waals surface area contributed by atoms with Gasteiger partial charge in [-0.1, -0.05) is 0 Å². The molecule has 100 valence electrons. The lowest BCUT2D eigenvalue weighted by atomic mass is 9.70. The van der Waals surface area contributed by atoms with Crippen LogP contribution in [0, 0.1) is 16.7 Å². The molecular formula is C10H11Cl7. The van der Waals surface area contributed by atoms with Gasteiger partial charge < -0.3 is 0 Å². The molecule has 0 amide bonds. The summed E-state index contributed by atoms with van der Waals surface area (Å²) in [5.74, 6) is 0.812. The summed E-state index contributed by atoms with van der Waals surface area (Å²) in [4.78, 5) is 0. The van der Waals surface area contributed by atoms with Crippen LogP contribution in [0.3, 0.4) is 0 Å². The van der Waals surface area contributed by atoms with Crippen LogP contribution in [0.2, 0.25) is 0 Å². The van der Waals surface area contributed by atoms with Crippen LogP contribution in [0.5, 0.6) is 0 Å². The second-order valence-corrected chi connectivity index (χ2v) is 8.15. The van der Waals surface area contributed by atoms with E-state index in [1.165, 1.54) is 0 Å². The summed E-state index contributed by atoms with van der Waals surface area (Å²) in [5.41, 5.74) is -1.24. The molecule has 0 N–H and O–H groups in total. The number of hydrogen-bond acceptors (Lipinski definition) is 0. The molecule has 0 radical (unpaired) electrons. The first-order valence-corrected chi connectivity index (χ1v) is 8.42. The highest BCUT2D eigenvalue weighted by molar-refractivity contribution is 6.51. The van der Waals surface area contributed by atoms with Crippen LogP contribution in [0.15, 0.2) is 0 Å². The Morgan fingerprint density at radius 2 is 1.47 bits per heavy atom. The average molecular weight is 379 g/mol. The third kappa shape index (κ3) is 1.59. The van der Waals surface area contributed by atoms with Gasteiger partial charge in [0.2, 0.25) is 0 Å². The van der Waals surface area contributed by atoms with E-state index in [0.29, 0.717) is 18.2 Å². The monoisotopic (exact) mass is 376 g/mol. The van der Waals surface area contributed by atoms with Crippen molar-refractivity contribution in [3.63, 3.8) is 0 Å². The number of fused-ring (bicyclic) bond motifs is 2. The highest BCUT2D eigenvalue weighted by Gasteiger charge is 2.79. The van der Waals surface area contributed by atoms with Crippen LogP contribution in [0.4, 0.5) is 0 Å². The maximum absolute atomic E-state index is 6.44. The molecule has 4 atom stereocenters. The highest BCUT2D eigenvalue weighted by atomic mass is 35.5. The van der Waals surface area contributed by atoms with E-state index >= 15 is 0 Å². The normalized spacial score (nSPS) is 46.4. The van der Waals surface area contributed by atoms with Crippen LogP contribution in [0.25, 0.3) is 0 Å². The van der Waals surface area contributed by atoms with Gasteiger partial charge in [-0.3, -0.25) is 0 Å². The van der Waals surface area contributed by atoms with Crippen molar-refractivity contribution < 1.29 is 0 Å². The maximum Gasteiger partial charge on any atom is 0.127 e. The SMILES string of the molecule is ClCC1(CCl)C2CC(Cl)(Cl)C1(CCl)C(Cl)C2Cl. The second-order valence-electron chi connectivity index (χ2n) is 4.89. The maximum atomic E-state index is 6.44. The van der Waals surface area contributed by atoms with Crippen molar-refractivity contribution in [1.82, 2.24) is 0 Å². The molecule has 2 aliphatic carbocycles. The van der Waals surface area contributed by atoms with E-state index in [9.17, 15) is 0 Å². The third-order valence-corrected chi connectivity index (χ3v) is 8.24. The molecule has 2 rings (SSSR count). The summed E-state index contributed by atoms with van der Waals surface area (Å²) in [6, 6.07) is 0. The number of hydrogen-bond donors (Lipinski definition) is 0. The molecule has 0 nitrogen and oxygen atoms in total. The molecule has 0 aromatic heterocycles. The van der Waals surface area contributed by atoms with Crippen LogP contribution in [-0.4, -0.2) is 32.7 Å². The van der Waals surface area contributed by atoms with Gasteiger partial charge in [-0.15, -0.1) is 81.2 Å². The van der Waals surface area contributed by atoms with Crippen LogP contribution < -0.4 is 0 Å². The van der Waals surface area contributed by atoms with Crippen molar-refractivity contribution in [2.45, 2.75) is 21.5 Å². The Labute approximate surface area is 136 Å². The molecule has 0 aromatic carbocycles. The average Bonchev–Trinajstić information content (AvgIpc) is 2.61. The predicted molar refractivity (Wildman–Crippen MR) is 78.9 cm³/mol. The van der Waals surface area contributed by atoms with Crippen molar-refractivity contribution in [2.24, 2.45) is 16.7 Å². The summed E-state index contributed by atoms with van der Waals surface area (Å²) in [7, 11) is 0. The smallest absolute Gasteiger partial charge is 0.126 e. The van der Waals surface area contributed by atoms with E-state index < -0.39 is 20.5 Å². The van der Waals surface area contributed by atoms with E-state index in [-0.39, 0.29) is 17.2 Å². The van der Waals surface area contributed by atoms with Gasteiger partial charge in [0.15, 0.2) is 0 Å². The molecule has 0 spiro atoms. The van der Waals surface area contributed by atoms with E-state index in [1.54, 1.807) is 0 Å². The van der Waals surface area contributed by atoms with Crippen molar-refractivity contribution >= 4 is 81.2 Å². The Hall–Kier alpha value is 2.03. The Bertz CT molecular complexity index is 314. The number of halogens is 7. The largest absolute Gasteiger partial charge is 0.127 e. The molecule has 0 aromatic rings. The minimum atomic E-state index is -1.03. The van der Waals surface area contributed by atoms with Gasteiger partial charge in [-0.2, -0.15) is 0 Å². The Morgan fingerprint density at radius 3 is 1.82 bits per heavy atom. The van der Waals surface area contributed by atoms with Crippen LogP contribution in [0.1, 0.15) is 6.42 Å². The Morgan fingerprint density at radius 1 is 0.941 bits per heavy atom. The zero-order chi connectivity index (χ0) is 13.1. The Balaban J connectivity index is 2.63. The van der Waals surface area contributed by atoms with Gasteiger partial charge in [0, 0.05) is 28.5 Å². The number of alkyl halides is 7. The molecule has 4 unspecified atom stereocenters. The van der Waals surface area contributed by atoms with E-state index in [2.05, 4.69) is 0 Å². The molecule has 2 fully saturated rings. The van der Waals surface area contributed by atoms with Gasteiger partial charge in [-0.25, -0.2) is 0 Å². The molecule has 2 saturated carbocycles. The molecule has 17 heavy (non-hydrogen) atoms. The minimum Gasteiger partial charge on any atom is -0.126 e. The van der Waals surface area contributed by atoms with Crippen molar-refractivity contribution in [3.8, 4) is 0 Å². The van der Waals surface area contributed by atoms with Crippen LogP contribution in [-0.2, 0) is 0 Å². The summed E-state index contributed by atoms with van der Waals surface area (Å²) in [5, 5.41) is -0.675. The predicted octanol–water partition coefficient (Wildman–Crippen LogP) is 5.10. The lowest BCUT2D eigenvalue weighted by Crippen LogP contribution is -2.54. The fraction of sp³-hybridized carbons (Fsp3) is 1.00. The summed E-state index contributed by atoms with van der Waals surface area (Å²) in [6.07, 6.45) is 0.527. The van der Waals surface area contributed by atoms with Gasteiger partial charge >= 0.3 is 0 Å². The third-order valence-electron chi connectivity index (χ3n) is 4.55. The zero-order valence-electron chi connectivity index (χ0n) is 8.71. The second kappa shape index (κ2) is 4.79. The van der Waals surface area contributed by atoms with Gasteiger partial charge in [0.05, 0.1) is 10.8 Å². The van der Waals surface area contributed by atoms with Crippen molar-refractivity contribution in [3.05, 3.63) is 0 Å². The summed E-state index contributed by atoms with van der Waals surface area (Å²) >= 11 is 44.1. The summed E-state index contributed by atoms with van der Waals surface area (Å²) in [6.45, 7) is 0. The molecule has 2 bridgehead atoms. The molecular weight excluding hydrogens is 368 g/mol. The molecule has 7 heteroatoms. The van der Waals surface area contributed by atoms with Crippen molar-refractivity contribution in [2.75, 3.05) is 17.6 Å². The molecule has 0 heterocycles. The van der Waals surface area contributed by atoms with E-state index in [4.69, 9.17) is 81.2 Å². The standard InChI is InChI=1S/C10H11Cl7/c11-2-8(3-12)5-1-10(16,17)9(8,4-13)7(15)6(5)14/h5-7H,1-4H2. The van der Waals surface area contributed by atoms with E-state index in [0.717, 1.165) is 0 Å². The molecule has 0 saturated heterocycles. The first-order chi connectivity index (χ1) is 7.84. The topological polar surface area (TPSA) is 0 Å². The lowest BCUT2D eigenvalue weighted by Gasteiger charge is -2.47. The van der Waals surface area contributed by atoms with Gasteiger partial charge in [-0.05, 0) is 12.3 Å².